The maximum Gasteiger partial charge on any atom is 0.331 e. The molecule has 3 nitrogen and oxygen atoms in total. The molecule has 2 N–H and O–H groups in total. The predicted molar refractivity (Wildman–Crippen MR) is 70.1 cm³/mol. The zero-order valence-corrected chi connectivity index (χ0v) is 11.7. The fourth-order valence-electron chi connectivity index (χ4n) is 4.33. The first-order chi connectivity index (χ1) is 8.34. The molecule has 0 radical (unpaired) electrons. The molecule has 3 heteroatoms. The van der Waals surface area contributed by atoms with E-state index >= 15 is 0 Å². The molecule has 18 heavy (non-hydrogen) atoms. The average molecular weight is 252 g/mol. The lowest BCUT2D eigenvalue weighted by Crippen LogP contribution is -2.41. The van der Waals surface area contributed by atoms with Crippen LogP contribution in [0.15, 0.2) is 11.1 Å². The second-order valence-corrected chi connectivity index (χ2v) is 6.52. The third kappa shape index (κ3) is 1.63. The van der Waals surface area contributed by atoms with Crippen LogP contribution in [0, 0.1) is 29.1 Å². The summed E-state index contributed by atoms with van der Waals surface area (Å²) in [4.78, 5) is 11.6. The second kappa shape index (κ2) is 4.37. The Hall–Kier alpha value is -0.830. The van der Waals surface area contributed by atoms with Gasteiger partial charge >= 0.3 is 5.97 Å². The third-order valence-electron chi connectivity index (χ3n) is 5.59. The second-order valence-electron chi connectivity index (χ2n) is 6.52. The zero-order valence-electron chi connectivity index (χ0n) is 11.7. The summed E-state index contributed by atoms with van der Waals surface area (Å²) in [6.07, 6.45) is 2.07. The number of aliphatic carboxylic acids is 1. The Kier molecular flexibility index (Phi) is 3.30. The van der Waals surface area contributed by atoms with E-state index in [4.69, 9.17) is 0 Å². The average Bonchev–Trinajstić information content (AvgIpc) is 2.41. The van der Waals surface area contributed by atoms with Crippen LogP contribution < -0.4 is 0 Å². The number of carboxylic acid groups (broad SMARTS) is 1. The van der Waals surface area contributed by atoms with Gasteiger partial charge in [-0.3, -0.25) is 0 Å². The van der Waals surface area contributed by atoms with E-state index in [1.165, 1.54) is 0 Å². The normalized spacial score (nSPS) is 39.6. The highest BCUT2D eigenvalue weighted by atomic mass is 16.4. The highest BCUT2D eigenvalue weighted by molar-refractivity contribution is 5.89. The number of fused-ring (bicyclic) bond motifs is 2. The van der Waals surface area contributed by atoms with Gasteiger partial charge in [-0.2, -0.15) is 0 Å². The van der Waals surface area contributed by atoms with E-state index in [9.17, 15) is 15.0 Å². The summed E-state index contributed by atoms with van der Waals surface area (Å²) >= 11 is 0. The molecule has 1 fully saturated rings. The first kappa shape index (κ1) is 13.6. The zero-order chi connectivity index (χ0) is 13.7. The summed E-state index contributed by atoms with van der Waals surface area (Å²) in [7, 11) is 0. The Labute approximate surface area is 109 Å². The number of allylic oxidation sites excluding steroid dienone is 1. The van der Waals surface area contributed by atoms with Gasteiger partial charge in [-0.25, -0.2) is 4.79 Å². The van der Waals surface area contributed by atoms with Gasteiger partial charge < -0.3 is 10.2 Å². The van der Waals surface area contributed by atoms with Crippen LogP contribution in [-0.2, 0) is 4.79 Å². The van der Waals surface area contributed by atoms with E-state index < -0.39 is 5.97 Å². The van der Waals surface area contributed by atoms with Crippen molar-refractivity contribution in [3.05, 3.63) is 11.1 Å². The number of carbonyl (C=O) groups is 1. The largest absolute Gasteiger partial charge is 0.478 e. The Morgan fingerprint density at radius 2 is 2.11 bits per heavy atom. The Balaban J connectivity index is 2.52. The Bertz CT molecular complexity index is 397. The smallest absolute Gasteiger partial charge is 0.331 e. The summed E-state index contributed by atoms with van der Waals surface area (Å²) < 4.78 is 0. The van der Waals surface area contributed by atoms with Gasteiger partial charge in [0.25, 0.3) is 0 Å². The van der Waals surface area contributed by atoms with Crippen LogP contribution in [-0.4, -0.2) is 22.8 Å². The van der Waals surface area contributed by atoms with E-state index in [1.807, 2.05) is 6.92 Å². The van der Waals surface area contributed by atoms with Gasteiger partial charge in [0.05, 0.1) is 0 Å². The molecule has 0 aliphatic heterocycles. The summed E-state index contributed by atoms with van der Waals surface area (Å²) in [5, 5.41) is 19.3. The van der Waals surface area contributed by atoms with Crippen LogP contribution >= 0.6 is 0 Å². The molecule has 0 amide bonds. The topological polar surface area (TPSA) is 57.5 Å². The van der Waals surface area contributed by atoms with Crippen LogP contribution in [0.4, 0.5) is 0 Å². The molecular weight excluding hydrogens is 228 g/mol. The minimum Gasteiger partial charge on any atom is -0.478 e. The van der Waals surface area contributed by atoms with Gasteiger partial charge in [0.1, 0.15) is 0 Å². The monoisotopic (exact) mass is 252 g/mol. The molecule has 0 aromatic carbocycles. The molecule has 2 bridgehead atoms. The molecule has 102 valence electrons. The maximum atomic E-state index is 11.6. The highest BCUT2D eigenvalue weighted by Gasteiger charge is 2.56. The summed E-state index contributed by atoms with van der Waals surface area (Å²) in [6, 6.07) is 0. The fraction of sp³-hybridized carbons (Fsp3) is 0.800. The molecule has 0 heterocycles. The van der Waals surface area contributed by atoms with E-state index in [-0.39, 0.29) is 23.9 Å². The molecule has 0 aromatic heterocycles. The number of aliphatic hydroxyl groups excluding tert-OH is 1. The standard InChI is InChI=1S/C15H24O3/c1-8(2)10-5-6-15(4)9(3)12(14(17)18)13(10)11(15)7-16/h8,10-11,13,16H,5-7H2,1-4H3,(H,17,18)/t10-,11+,13+,15+/m0/s1. The molecule has 4 atom stereocenters. The number of hydrogen-bond acceptors (Lipinski definition) is 2. The van der Waals surface area contributed by atoms with Crippen molar-refractivity contribution < 1.29 is 15.0 Å². The number of aliphatic hydroxyl groups is 1. The van der Waals surface area contributed by atoms with Crippen molar-refractivity contribution >= 4 is 5.97 Å². The minimum absolute atomic E-state index is 0.0336. The van der Waals surface area contributed by atoms with Crippen LogP contribution in [0.1, 0.15) is 40.5 Å². The lowest BCUT2D eigenvalue weighted by Gasteiger charge is -2.45. The molecule has 2 aliphatic rings. The fourth-order valence-corrected chi connectivity index (χ4v) is 4.33. The minimum atomic E-state index is -0.785. The first-order valence-corrected chi connectivity index (χ1v) is 6.90. The summed E-state index contributed by atoms with van der Waals surface area (Å²) in [5.41, 5.74) is 1.48. The van der Waals surface area contributed by atoms with Gasteiger partial charge in [0.2, 0.25) is 0 Å². The van der Waals surface area contributed by atoms with Crippen molar-refractivity contribution in [1.29, 1.82) is 0 Å². The number of rotatable bonds is 3. The van der Waals surface area contributed by atoms with Crippen molar-refractivity contribution in [1.82, 2.24) is 0 Å². The van der Waals surface area contributed by atoms with E-state index in [2.05, 4.69) is 20.8 Å². The summed E-state index contributed by atoms with van der Waals surface area (Å²) in [5.74, 6) is 0.191. The lowest BCUT2D eigenvalue weighted by molar-refractivity contribution is -0.133. The van der Waals surface area contributed by atoms with Crippen LogP contribution in [0.3, 0.4) is 0 Å². The molecule has 2 rings (SSSR count). The van der Waals surface area contributed by atoms with Crippen molar-refractivity contribution in [3.63, 3.8) is 0 Å². The molecule has 0 aromatic rings. The molecule has 0 saturated heterocycles. The van der Waals surface area contributed by atoms with Crippen molar-refractivity contribution in [2.24, 2.45) is 29.1 Å². The van der Waals surface area contributed by atoms with Gasteiger partial charge in [0, 0.05) is 12.2 Å². The van der Waals surface area contributed by atoms with Gasteiger partial charge in [-0.15, -0.1) is 0 Å². The summed E-state index contributed by atoms with van der Waals surface area (Å²) in [6.45, 7) is 8.50. The van der Waals surface area contributed by atoms with Crippen molar-refractivity contribution in [3.8, 4) is 0 Å². The quantitative estimate of drug-likeness (QED) is 0.812. The highest BCUT2D eigenvalue weighted by Crippen LogP contribution is 2.61. The molecule has 0 unspecified atom stereocenters. The van der Waals surface area contributed by atoms with Gasteiger partial charge in [-0.1, -0.05) is 26.3 Å². The van der Waals surface area contributed by atoms with Crippen LogP contribution in [0.2, 0.25) is 0 Å². The Morgan fingerprint density at radius 1 is 1.50 bits per heavy atom. The first-order valence-electron chi connectivity index (χ1n) is 6.90. The van der Waals surface area contributed by atoms with E-state index in [1.54, 1.807) is 0 Å². The molecule has 1 saturated carbocycles. The third-order valence-corrected chi connectivity index (χ3v) is 5.59. The van der Waals surface area contributed by atoms with Crippen LogP contribution in [0.5, 0.6) is 0 Å². The molecule has 2 aliphatic carbocycles. The van der Waals surface area contributed by atoms with Crippen molar-refractivity contribution in [2.45, 2.75) is 40.5 Å². The Morgan fingerprint density at radius 3 is 2.56 bits per heavy atom. The lowest BCUT2D eigenvalue weighted by atomic mass is 9.60. The number of carboxylic acids is 1. The van der Waals surface area contributed by atoms with E-state index in [0.717, 1.165) is 18.4 Å². The van der Waals surface area contributed by atoms with Crippen LogP contribution in [0.25, 0.3) is 0 Å². The number of hydrogen-bond donors (Lipinski definition) is 2. The van der Waals surface area contributed by atoms with E-state index in [0.29, 0.717) is 17.4 Å². The van der Waals surface area contributed by atoms with Crippen molar-refractivity contribution in [2.75, 3.05) is 6.61 Å². The maximum absolute atomic E-state index is 11.6. The molecule has 0 spiro atoms. The van der Waals surface area contributed by atoms with Gasteiger partial charge in [0.15, 0.2) is 0 Å². The molecular formula is C15H24O3. The predicted octanol–water partition coefficient (Wildman–Crippen LogP) is 2.70. The SMILES string of the molecule is CC1=C(C(=O)O)[C@H]2[C@@H](CO)[C@]1(C)CC[C@H]2C(C)C. The van der Waals surface area contributed by atoms with Gasteiger partial charge in [-0.05, 0) is 48.9 Å².